The SMILES string of the molecule is Cc1ccc(CC(=O)N2CC(NC(=O)C3CCOCC3)CC2c2n[nH]c(C)n2)cc1. The molecule has 2 aromatic rings. The normalized spacial score (nSPS) is 22.3. The zero-order valence-corrected chi connectivity index (χ0v) is 17.6. The van der Waals surface area contributed by atoms with Crippen molar-refractivity contribution in [3.8, 4) is 0 Å². The summed E-state index contributed by atoms with van der Waals surface area (Å²) in [5.74, 6) is 1.38. The third kappa shape index (κ3) is 4.70. The average molecular weight is 412 g/mol. The van der Waals surface area contributed by atoms with Crippen molar-refractivity contribution in [3.63, 3.8) is 0 Å². The van der Waals surface area contributed by atoms with Crippen LogP contribution in [0.3, 0.4) is 0 Å². The van der Waals surface area contributed by atoms with Crippen molar-refractivity contribution in [2.45, 2.75) is 51.6 Å². The Bertz CT molecular complexity index is 888. The summed E-state index contributed by atoms with van der Waals surface area (Å²) in [6.07, 6.45) is 2.43. The van der Waals surface area contributed by atoms with Crippen molar-refractivity contribution >= 4 is 11.8 Å². The molecule has 30 heavy (non-hydrogen) atoms. The minimum absolute atomic E-state index is 0.0136. The highest BCUT2D eigenvalue weighted by molar-refractivity contribution is 5.81. The van der Waals surface area contributed by atoms with E-state index in [0.29, 0.717) is 44.2 Å². The molecule has 8 heteroatoms. The molecule has 3 heterocycles. The standard InChI is InChI=1S/C22H29N5O3/c1-14-3-5-16(6-4-14)11-20(28)27-13-18(12-19(27)21-23-15(2)25-26-21)24-22(29)17-7-9-30-10-8-17/h3-6,17-19H,7-13H2,1-2H3,(H,24,29)(H,23,25,26). The molecule has 2 unspecified atom stereocenters. The maximum absolute atomic E-state index is 13.2. The van der Waals surface area contributed by atoms with Crippen LogP contribution < -0.4 is 5.32 Å². The summed E-state index contributed by atoms with van der Waals surface area (Å²) in [5, 5.41) is 10.3. The van der Waals surface area contributed by atoms with E-state index in [9.17, 15) is 9.59 Å². The van der Waals surface area contributed by atoms with Gasteiger partial charge in [-0.05, 0) is 38.7 Å². The van der Waals surface area contributed by atoms with Crippen LogP contribution in [0.1, 0.15) is 48.1 Å². The van der Waals surface area contributed by atoms with Gasteiger partial charge in [0.05, 0.1) is 12.5 Å². The third-order valence-electron chi connectivity index (χ3n) is 5.95. The minimum atomic E-state index is -0.243. The zero-order chi connectivity index (χ0) is 21.1. The topological polar surface area (TPSA) is 100 Å². The van der Waals surface area contributed by atoms with Crippen molar-refractivity contribution in [1.29, 1.82) is 0 Å². The van der Waals surface area contributed by atoms with Gasteiger partial charge in [-0.1, -0.05) is 29.8 Å². The zero-order valence-electron chi connectivity index (χ0n) is 17.6. The van der Waals surface area contributed by atoms with Gasteiger partial charge in [-0.25, -0.2) is 4.98 Å². The fourth-order valence-electron chi connectivity index (χ4n) is 4.23. The predicted octanol–water partition coefficient (Wildman–Crippen LogP) is 1.85. The summed E-state index contributed by atoms with van der Waals surface area (Å²) in [5.41, 5.74) is 2.14. The highest BCUT2D eigenvalue weighted by Crippen LogP contribution is 2.31. The predicted molar refractivity (Wildman–Crippen MR) is 111 cm³/mol. The molecule has 2 saturated heterocycles. The first-order chi connectivity index (χ1) is 14.5. The fraction of sp³-hybridized carbons (Fsp3) is 0.545. The minimum Gasteiger partial charge on any atom is -0.381 e. The van der Waals surface area contributed by atoms with Gasteiger partial charge in [0.2, 0.25) is 11.8 Å². The summed E-state index contributed by atoms with van der Waals surface area (Å²) in [6.45, 7) is 5.59. The molecule has 0 bridgehead atoms. The maximum atomic E-state index is 13.2. The Hall–Kier alpha value is -2.74. The van der Waals surface area contributed by atoms with E-state index in [2.05, 4.69) is 20.5 Å². The molecule has 2 fully saturated rings. The quantitative estimate of drug-likeness (QED) is 0.782. The molecule has 1 aromatic carbocycles. The summed E-state index contributed by atoms with van der Waals surface area (Å²) in [6, 6.07) is 7.65. The first-order valence-electron chi connectivity index (χ1n) is 10.6. The number of amides is 2. The van der Waals surface area contributed by atoms with E-state index in [-0.39, 0.29) is 29.8 Å². The van der Waals surface area contributed by atoms with E-state index in [0.717, 1.165) is 24.0 Å². The van der Waals surface area contributed by atoms with E-state index in [4.69, 9.17) is 4.74 Å². The number of nitrogens with one attached hydrogen (secondary N) is 2. The number of likely N-dealkylation sites (tertiary alicyclic amines) is 1. The second kappa shape index (κ2) is 8.95. The van der Waals surface area contributed by atoms with Gasteiger partial charge in [-0.2, -0.15) is 5.10 Å². The number of aromatic amines is 1. The molecule has 2 atom stereocenters. The van der Waals surface area contributed by atoms with Crippen LogP contribution in [-0.2, 0) is 20.7 Å². The fourth-order valence-corrected chi connectivity index (χ4v) is 4.23. The molecule has 2 aliphatic rings. The Morgan fingerprint density at radius 2 is 1.93 bits per heavy atom. The number of benzene rings is 1. The van der Waals surface area contributed by atoms with Crippen molar-refractivity contribution < 1.29 is 14.3 Å². The Kier molecular flexibility index (Phi) is 6.13. The molecule has 0 saturated carbocycles. The third-order valence-corrected chi connectivity index (χ3v) is 5.95. The highest BCUT2D eigenvalue weighted by atomic mass is 16.5. The molecular weight excluding hydrogens is 382 g/mol. The lowest BCUT2D eigenvalue weighted by Gasteiger charge is -2.24. The first-order valence-corrected chi connectivity index (χ1v) is 10.6. The molecule has 2 aliphatic heterocycles. The molecule has 8 nitrogen and oxygen atoms in total. The molecule has 0 aliphatic carbocycles. The number of aryl methyl sites for hydroxylation is 2. The molecule has 160 valence electrons. The maximum Gasteiger partial charge on any atom is 0.227 e. The second-order valence-electron chi connectivity index (χ2n) is 8.33. The van der Waals surface area contributed by atoms with E-state index < -0.39 is 0 Å². The Balaban J connectivity index is 1.47. The molecular formula is C22H29N5O3. The van der Waals surface area contributed by atoms with Gasteiger partial charge in [0.15, 0.2) is 5.82 Å². The Morgan fingerprint density at radius 1 is 1.20 bits per heavy atom. The number of hydrogen-bond acceptors (Lipinski definition) is 5. The molecule has 1 aromatic heterocycles. The summed E-state index contributed by atoms with van der Waals surface area (Å²) in [7, 11) is 0. The van der Waals surface area contributed by atoms with E-state index in [1.165, 1.54) is 0 Å². The number of hydrogen-bond donors (Lipinski definition) is 2. The molecule has 0 spiro atoms. The number of aromatic nitrogens is 3. The number of nitrogens with zero attached hydrogens (tertiary/aromatic N) is 3. The van der Waals surface area contributed by atoms with Crippen molar-refractivity contribution in [2.75, 3.05) is 19.8 Å². The first kappa shape index (κ1) is 20.5. The number of ether oxygens (including phenoxy) is 1. The smallest absolute Gasteiger partial charge is 0.227 e. The number of carbonyl (C=O) groups is 2. The van der Waals surface area contributed by atoms with Crippen molar-refractivity contribution in [2.24, 2.45) is 5.92 Å². The van der Waals surface area contributed by atoms with Gasteiger partial charge < -0.3 is 15.0 Å². The lowest BCUT2D eigenvalue weighted by molar-refractivity contribution is -0.132. The van der Waals surface area contributed by atoms with Crippen LogP contribution in [0.25, 0.3) is 0 Å². The number of rotatable bonds is 5. The highest BCUT2D eigenvalue weighted by Gasteiger charge is 2.39. The lowest BCUT2D eigenvalue weighted by Crippen LogP contribution is -2.42. The van der Waals surface area contributed by atoms with Gasteiger partial charge >= 0.3 is 0 Å². The van der Waals surface area contributed by atoms with Crippen molar-refractivity contribution in [1.82, 2.24) is 25.4 Å². The molecule has 2 N–H and O–H groups in total. The van der Waals surface area contributed by atoms with Crippen LogP contribution in [0, 0.1) is 19.8 Å². The van der Waals surface area contributed by atoms with Gasteiger partial charge in [0, 0.05) is 31.7 Å². The van der Waals surface area contributed by atoms with Crippen LogP contribution >= 0.6 is 0 Å². The Labute approximate surface area is 176 Å². The number of H-pyrrole nitrogens is 1. The second-order valence-corrected chi connectivity index (χ2v) is 8.33. The van der Waals surface area contributed by atoms with E-state index >= 15 is 0 Å². The largest absolute Gasteiger partial charge is 0.381 e. The van der Waals surface area contributed by atoms with Gasteiger partial charge in [0.1, 0.15) is 5.82 Å². The average Bonchev–Trinajstić information content (AvgIpc) is 3.36. The van der Waals surface area contributed by atoms with Crippen LogP contribution in [0.15, 0.2) is 24.3 Å². The molecule has 0 radical (unpaired) electrons. The number of carbonyl (C=O) groups excluding carboxylic acids is 2. The van der Waals surface area contributed by atoms with E-state index in [1.54, 1.807) is 0 Å². The van der Waals surface area contributed by atoms with E-state index in [1.807, 2.05) is 43.0 Å². The van der Waals surface area contributed by atoms with Crippen LogP contribution in [0.5, 0.6) is 0 Å². The molecule has 4 rings (SSSR count). The lowest BCUT2D eigenvalue weighted by atomic mass is 9.99. The molecule has 2 amide bonds. The van der Waals surface area contributed by atoms with Gasteiger partial charge in [-0.15, -0.1) is 0 Å². The van der Waals surface area contributed by atoms with Crippen LogP contribution in [-0.4, -0.2) is 57.7 Å². The van der Waals surface area contributed by atoms with Gasteiger partial charge in [0.25, 0.3) is 0 Å². The summed E-state index contributed by atoms with van der Waals surface area (Å²) >= 11 is 0. The van der Waals surface area contributed by atoms with Crippen LogP contribution in [0.4, 0.5) is 0 Å². The summed E-state index contributed by atoms with van der Waals surface area (Å²) < 4.78 is 5.36. The van der Waals surface area contributed by atoms with Gasteiger partial charge in [-0.3, -0.25) is 14.7 Å². The van der Waals surface area contributed by atoms with Crippen molar-refractivity contribution in [3.05, 3.63) is 47.0 Å². The Morgan fingerprint density at radius 3 is 2.60 bits per heavy atom. The van der Waals surface area contributed by atoms with Crippen LogP contribution in [0.2, 0.25) is 0 Å². The monoisotopic (exact) mass is 411 g/mol. The summed E-state index contributed by atoms with van der Waals surface area (Å²) in [4.78, 5) is 32.1.